The van der Waals surface area contributed by atoms with E-state index in [9.17, 15) is 9.59 Å². The molecule has 0 N–H and O–H groups in total. The van der Waals surface area contributed by atoms with Gasteiger partial charge in [0.25, 0.3) is 0 Å². The first kappa shape index (κ1) is 18.1. The van der Waals surface area contributed by atoms with Crippen LogP contribution in [0.5, 0.6) is 0 Å². The van der Waals surface area contributed by atoms with Gasteiger partial charge >= 0.3 is 5.69 Å². The molecule has 0 aliphatic carbocycles. The lowest BCUT2D eigenvalue weighted by molar-refractivity contribution is -0.133. The Morgan fingerprint density at radius 2 is 2.04 bits per heavy atom. The number of piperazine rings is 1. The zero-order chi connectivity index (χ0) is 17.8. The van der Waals surface area contributed by atoms with Gasteiger partial charge in [0.15, 0.2) is 0 Å². The van der Waals surface area contributed by atoms with E-state index in [1.807, 2.05) is 17.9 Å². The molecule has 7 nitrogen and oxygen atoms in total. The fourth-order valence-electron chi connectivity index (χ4n) is 3.67. The minimum Gasteiger partial charge on any atom is -0.377 e. The van der Waals surface area contributed by atoms with Crippen molar-refractivity contribution >= 4 is 5.91 Å². The van der Waals surface area contributed by atoms with E-state index in [0.717, 1.165) is 57.9 Å². The highest BCUT2D eigenvalue weighted by atomic mass is 16.5. The first-order chi connectivity index (χ1) is 12.0. The van der Waals surface area contributed by atoms with Crippen LogP contribution < -0.4 is 5.69 Å². The van der Waals surface area contributed by atoms with Crippen LogP contribution in [0.1, 0.15) is 30.7 Å². The van der Waals surface area contributed by atoms with Crippen molar-refractivity contribution in [2.24, 2.45) is 0 Å². The average molecular weight is 348 g/mol. The van der Waals surface area contributed by atoms with Crippen LogP contribution in [0.2, 0.25) is 0 Å². The lowest BCUT2D eigenvalue weighted by Crippen LogP contribution is -2.50. The first-order valence-electron chi connectivity index (χ1n) is 9.20. The van der Waals surface area contributed by atoms with Crippen LogP contribution in [0.25, 0.3) is 0 Å². The highest BCUT2D eigenvalue weighted by Crippen LogP contribution is 2.14. The van der Waals surface area contributed by atoms with Crippen LogP contribution in [0.3, 0.4) is 0 Å². The van der Waals surface area contributed by atoms with Gasteiger partial charge in [0.05, 0.1) is 6.10 Å². The van der Waals surface area contributed by atoms with Crippen molar-refractivity contribution in [3.8, 4) is 0 Å². The second-order valence-electron chi connectivity index (χ2n) is 7.04. The van der Waals surface area contributed by atoms with Crippen molar-refractivity contribution < 1.29 is 9.53 Å². The zero-order valence-corrected chi connectivity index (χ0v) is 15.2. The molecule has 7 heteroatoms. The maximum atomic E-state index is 12.5. The summed E-state index contributed by atoms with van der Waals surface area (Å²) in [4.78, 5) is 32.7. The summed E-state index contributed by atoms with van der Waals surface area (Å²) < 4.78 is 7.27. The number of rotatable bonds is 5. The maximum absolute atomic E-state index is 12.5. The van der Waals surface area contributed by atoms with Gasteiger partial charge in [-0.25, -0.2) is 4.79 Å². The Morgan fingerprint density at radius 3 is 2.68 bits per heavy atom. The number of ether oxygens (including phenoxy) is 1. The number of hydrogen-bond acceptors (Lipinski definition) is 5. The highest BCUT2D eigenvalue weighted by Gasteiger charge is 2.24. The summed E-state index contributed by atoms with van der Waals surface area (Å²) in [5.41, 5.74) is 1.30. The molecule has 3 rings (SSSR count). The van der Waals surface area contributed by atoms with Crippen molar-refractivity contribution in [2.45, 2.75) is 45.8 Å². The number of nitrogens with zero attached hydrogens (tertiary/aromatic N) is 4. The Morgan fingerprint density at radius 1 is 1.28 bits per heavy atom. The summed E-state index contributed by atoms with van der Waals surface area (Å²) in [5.74, 6) is 0.114. The summed E-state index contributed by atoms with van der Waals surface area (Å²) in [6.07, 6.45) is 3.02. The highest BCUT2D eigenvalue weighted by molar-refractivity contribution is 5.76. The molecule has 138 valence electrons. The molecule has 2 fully saturated rings. The topological polar surface area (TPSA) is 67.7 Å². The van der Waals surface area contributed by atoms with Crippen molar-refractivity contribution in [1.29, 1.82) is 0 Å². The summed E-state index contributed by atoms with van der Waals surface area (Å²) in [7, 11) is 0. The molecule has 2 aliphatic rings. The van der Waals surface area contributed by atoms with Gasteiger partial charge in [-0.2, -0.15) is 4.98 Å². The zero-order valence-electron chi connectivity index (χ0n) is 15.2. The largest absolute Gasteiger partial charge is 0.377 e. The molecule has 25 heavy (non-hydrogen) atoms. The fourth-order valence-corrected chi connectivity index (χ4v) is 3.67. The van der Waals surface area contributed by atoms with E-state index in [-0.39, 0.29) is 11.6 Å². The molecule has 3 heterocycles. The molecule has 0 bridgehead atoms. The second-order valence-corrected chi connectivity index (χ2v) is 7.04. The third kappa shape index (κ3) is 4.67. The van der Waals surface area contributed by atoms with Crippen molar-refractivity contribution in [3.63, 3.8) is 0 Å². The predicted molar refractivity (Wildman–Crippen MR) is 94.6 cm³/mol. The van der Waals surface area contributed by atoms with Gasteiger partial charge in [0.1, 0.15) is 0 Å². The van der Waals surface area contributed by atoms with Crippen molar-refractivity contribution in [3.05, 3.63) is 27.9 Å². The van der Waals surface area contributed by atoms with Crippen molar-refractivity contribution in [1.82, 2.24) is 19.4 Å². The van der Waals surface area contributed by atoms with E-state index < -0.39 is 0 Å². The molecule has 2 aliphatic heterocycles. The standard InChI is InChI=1S/C18H28N4O3/c1-14-12-15(2)22(18(24)19-14)6-5-17(23)21-9-7-20(8-10-21)13-16-4-3-11-25-16/h12,16H,3-11,13H2,1-2H3. The van der Waals surface area contributed by atoms with E-state index in [2.05, 4.69) is 9.88 Å². The van der Waals surface area contributed by atoms with Crippen LogP contribution in [-0.2, 0) is 16.1 Å². The molecule has 2 saturated heterocycles. The molecule has 1 aromatic heterocycles. The minimum absolute atomic E-state index is 0.114. The van der Waals surface area contributed by atoms with E-state index in [1.54, 1.807) is 11.5 Å². The van der Waals surface area contributed by atoms with Gasteiger partial charge in [-0.05, 0) is 32.8 Å². The number of amides is 1. The maximum Gasteiger partial charge on any atom is 0.347 e. The van der Waals surface area contributed by atoms with E-state index >= 15 is 0 Å². The monoisotopic (exact) mass is 348 g/mol. The molecule has 0 radical (unpaired) electrons. The third-order valence-electron chi connectivity index (χ3n) is 5.11. The van der Waals surface area contributed by atoms with Gasteiger partial charge in [-0.1, -0.05) is 0 Å². The SMILES string of the molecule is Cc1cc(C)n(CCC(=O)N2CCN(CC3CCCO3)CC2)c(=O)n1. The lowest BCUT2D eigenvalue weighted by Gasteiger charge is -2.35. The van der Waals surface area contributed by atoms with E-state index in [0.29, 0.717) is 24.8 Å². The fraction of sp³-hybridized carbons (Fsp3) is 0.722. The van der Waals surface area contributed by atoms with Gasteiger partial charge in [-0.15, -0.1) is 0 Å². The Balaban J connectivity index is 1.46. The number of hydrogen-bond donors (Lipinski definition) is 0. The Labute approximate surface area is 148 Å². The van der Waals surface area contributed by atoms with Gasteiger partial charge in [0.2, 0.25) is 5.91 Å². The predicted octanol–water partition coefficient (Wildman–Crippen LogP) is 0.573. The molecule has 0 spiro atoms. The van der Waals surface area contributed by atoms with Crippen LogP contribution in [0.4, 0.5) is 0 Å². The molecule has 0 aromatic carbocycles. The average Bonchev–Trinajstić information content (AvgIpc) is 3.07. The van der Waals surface area contributed by atoms with Crippen LogP contribution in [0.15, 0.2) is 10.9 Å². The molecule has 1 atom stereocenters. The quantitative estimate of drug-likeness (QED) is 0.778. The Bertz CT molecular complexity index is 659. The van der Waals surface area contributed by atoms with Gasteiger partial charge in [-0.3, -0.25) is 14.3 Å². The second kappa shape index (κ2) is 8.10. The smallest absolute Gasteiger partial charge is 0.347 e. The molecule has 1 unspecified atom stereocenters. The van der Waals surface area contributed by atoms with Crippen LogP contribution in [-0.4, -0.2) is 70.7 Å². The van der Waals surface area contributed by atoms with Crippen molar-refractivity contribution in [2.75, 3.05) is 39.3 Å². The molecular weight excluding hydrogens is 320 g/mol. The summed E-state index contributed by atoms with van der Waals surface area (Å²) in [6.45, 7) is 9.25. The number of carbonyl (C=O) groups excluding carboxylic acids is 1. The molecule has 0 saturated carbocycles. The summed E-state index contributed by atoms with van der Waals surface area (Å²) in [5, 5.41) is 0. The molecule has 1 aromatic rings. The first-order valence-corrected chi connectivity index (χ1v) is 9.20. The van der Waals surface area contributed by atoms with E-state index in [4.69, 9.17) is 4.74 Å². The summed E-state index contributed by atoms with van der Waals surface area (Å²) >= 11 is 0. The number of aryl methyl sites for hydroxylation is 2. The normalized spacial score (nSPS) is 21.7. The van der Waals surface area contributed by atoms with Crippen LogP contribution >= 0.6 is 0 Å². The summed E-state index contributed by atoms with van der Waals surface area (Å²) in [6, 6.07) is 1.87. The Hall–Kier alpha value is -1.73. The third-order valence-corrected chi connectivity index (χ3v) is 5.11. The van der Waals surface area contributed by atoms with Gasteiger partial charge in [0, 0.05) is 63.7 Å². The Kier molecular flexibility index (Phi) is 5.86. The molecule has 1 amide bonds. The van der Waals surface area contributed by atoms with E-state index in [1.165, 1.54) is 0 Å². The lowest BCUT2D eigenvalue weighted by atomic mass is 10.2. The number of carbonyl (C=O) groups is 1. The minimum atomic E-state index is -0.272. The van der Waals surface area contributed by atoms with Crippen LogP contribution in [0, 0.1) is 13.8 Å². The molecular formula is C18H28N4O3. The van der Waals surface area contributed by atoms with Gasteiger partial charge < -0.3 is 9.64 Å². The number of aromatic nitrogens is 2.